The lowest BCUT2D eigenvalue weighted by Crippen LogP contribution is -2.21. The van der Waals surface area contributed by atoms with Gasteiger partial charge < -0.3 is 10.1 Å². The van der Waals surface area contributed by atoms with E-state index in [1.165, 1.54) is 19.3 Å². The van der Waals surface area contributed by atoms with E-state index in [-0.39, 0.29) is 5.82 Å². The van der Waals surface area contributed by atoms with Gasteiger partial charge in [-0.1, -0.05) is 19.3 Å². The van der Waals surface area contributed by atoms with Crippen molar-refractivity contribution in [2.75, 3.05) is 18.5 Å². The molecule has 1 aromatic heterocycles. The average Bonchev–Trinajstić information content (AvgIpc) is 2.38. The first kappa shape index (κ1) is 13.2. The van der Waals surface area contributed by atoms with Gasteiger partial charge in [-0.05, 0) is 12.8 Å². The summed E-state index contributed by atoms with van der Waals surface area (Å²) in [6, 6.07) is 0.817. The Kier molecular flexibility index (Phi) is 4.87. The highest BCUT2D eigenvalue weighted by Gasteiger charge is 2.13. The van der Waals surface area contributed by atoms with Crippen molar-refractivity contribution < 1.29 is 13.5 Å². The molecular formula is C13H18F2N2O. The first-order valence-corrected chi connectivity index (χ1v) is 6.42. The van der Waals surface area contributed by atoms with E-state index in [2.05, 4.69) is 10.3 Å². The summed E-state index contributed by atoms with van der Waals surface area (Å²) >= 11 is 0. The van der Waals surface area contributed by atoms with E-state index < -0.39 is 11.6 Å². The van der Waals surface area contributed by atoms with Crippen molar-refractivity contribution in [1.29, 1.82) is 0 Å². The van der Waals surface area contributed by atoms with Crippen LogP contribution in [0.5, 0.6) is 0 Å². The fraction of sp³-hybridized carbons (Fsp3) is 0.615. The van der Waals surface area contributed by atoms with E-state index in [1.54, 1.807) is 0 Å². The van der Waals surface area contributed by atoms with Gasteiger partial charge in [0, 0.05) is 12.6 Å². The van der Waals surface area contributed by atoms with Gasteiger partial charge in [0.1, 0.15) is 5.82 Å². The van der Waals surface area contributed by atoms with Crippen molar-refractivity contribution in [1.82, 2.24) is 4.98 Å². The van der Waals surface area contributed by atoms with Crippen LogP contribution in [-0.2, 0) is 4.74 Å². The standard InChI is InChI=1S/C13H18F2N2O/c14-10-8-12(15)13(17-9-10)16-6-7-18-11-4-2-1-3-5-11/h8-9,11H,1-7H2,(H,16,17). The average molecular weight is 256 g/mol. The van der Waals surface area contributed by atoms with Crippen LogP contribution in [0.25, 0.3) is 0 Å². The maximum Gasteiger partial charge on any atom is 0.168 e. The molecule has 1 aliphatic rings. The molecule has 1 fully saturated rings. The second kappa shape index (κ2) is 6.64. The van der Waals surface area contributed by atoms with Crippen LogP contribution in [0.2, 0.25) is 0 Å². The van der Waals surface area contributed by atoms with E-state index in [1.807, 2.05) is 0 Å². The summed E-state index contributed by atoms with van der Waals surface area (Å²) in [5, 5.41) is 2.80. The Morgan fingerprint density at radius 2 is 2.06 bits per heavy atom. The van der Waals surface area contributed by atoms with Crippen molar-refractivity contribution in [3.63, 3.8) is 0 Å². The molecule has 1 aromatic rings. The summed E-state index contributed by atoms with van der Waals surface area (Å²) in [4.78, 5) is 3.65. The number of ether oxygens (including phenoxy) is 1. The first-order valence-electron chi connectivity index (χ1n) is 6.42. The highest BCUT2D eigenvalue weighted by atomic mass is 19.1. The molecule has 0 aliphatic heterocycles. The fourth-order valence-electron chi connectivity index (χ4n) is 2.17. The van der Waals surface area contributed by atoms with Crippen LogP contribution in [0.3, 0.4) is 0 Å². The molecule has 1 saturated carbocycles. The molecule has 1 heterocycles. The number of aromatic nitrogens is 1. The number of hydrogen-bond donors (Lipinski definition) is 1. The van der Waals surface area contributed by atoms with Crippen molar-refractivity contribution in [2.45, 2.75) is 38.2 Å². The fourth-order valence-corrected chi connectivity index (χ4v) is 2.17. The van der Waals surface area contributed by atoms with Crippen molar-refractivity contribution in [3.05, 3.63) is 23.9 Å². The van der Waals surface area contributed by atoms with Crippen LogP contribution in [0.1, 0.15) is 32.1 Å². The van der Waals surface area contributed by atoms with E-state index in [4.69, 9.17) is 4.74 Å². The number of anilines is 1. The van der Waals surface area contributed by atoms with Gasteiger partial charge in [-0.2, -0.15) is 0 Å². The van der Waals surface area contributed by atoms with E-state index >= 15 is 0 Å². The van der Waals surface area contributed by atoms with Gasteiger partial charge in [0.2, 0.25) is 0 Å². The van der Waals surface area contributed by atoms with Crippen LogP contribution >= 0.6 is 0 Å². The Morgan fingerprint density at radius 3 is 2.78 bits per heavy atom. The second-order valence-electron chi connectivity index (χ2n) is 4.54. The largest absolute Gasteiger partial charge is 0.376 e. The molecule has 0 amide bonds. The summed E-state index contributed by atoms with van der Waals surface area (Å²) in [7, 11) is 0. The zero-order valence-corrected chi connectivity index (χ0v) is 10.3. The minimum absolute atomic E-state index is 0.0728. The number of nitrogens with one attached hydrogen (secondary N) is 1. The van der Waals surface area contributed by atoms with E-state index in [0.29, 0.717) is 19.3 Å². The smallest absolute Gasteiger partial charge is 0.168 e. The summed E-state index contributed by atoms with van der Waals surface area (Å²) in [5.41, 5.74) is 0. The Hall–Kier alpha value is -1.23. The van der Waals surface area contributed by atoms with Gasteiger partial charge >= 0.3 is 0 Å². The van der Waals surface area contributed by atoms with Gasteiger partial charge in [0.25, 0.3) is 0 Å². The van der Waals surface area contributed by atoms with Crippen LogP contribution in [0.15, 0.2) is 12.3 Å². The third-order valence-corrected chi connectivity index (χ3v) is 3.11. The minimum atomic E-state index is -0.673. The maximum absolute atomic E-state index is 13.2. The monoisotopic (exact) mass is 256 g/mol. The van der Waals surface area contributed by atoms with Crippen molar-refractivity contribution in [3.8, 4) is 0 Å². The van der Waals surface area contributed by atoms with E-state index in [9.17, 15) is 8.78 Å². The van der Waals surface area contributed by atoms with Crippen LogP contribution < -0.4 is 5.32 Å². The highest BCUT2D eigenvalue weighted by Crippen LogP contribution is 2.20. The molecule has 100 valence electrons. The second-order valence-corrected chi connectivity index (χ2v) is 4.54. The van der Waals surface area contributed by atoms with Gasteiger partial charge in [0.15, 0.2) is 11.6 Å². The molecule has 18 heavy (non-hydrogen) atoms. The third kappa shape index (κ3) is 3.91. The van der Waals surface area contributed by atoms with E-state index in [0.717, 1.165) is 25.1 Å². The van der Waals surface area contributed by atoms with Gasteiger partial charge in [-0.25, -0.2) is 13.8 Å². The maximum atomic E-state index is 13.2. The number of halogens is 2. The quantitative estimate of drug-likeness (QED) is 0.822. The molecule has 0 spiro atoms. The highest BCUT2D eigenvalue weighted by molar-refractivity contribution is 5.35. The van der Waals surface area contributed by atoms with Gasteiger partial charge in [-0.3, -0.25) is 0 Å². The molecule has 2 rings (SSSR count). The Balaban J connectivity index is 1.68. The number of hydrogen-bond acceptors (Lipinski definition) is 3. The lowest BCUT2D eigenvalue weighted by atomic mass is 9.98. The summed E-state index contributed by atoms with van der Waals surface area (Å²) < 4.78 is 31.5. The molecule has 0 bridgehead atoms. The molecule has 1 aliphatic carbocycles. The zero-order valence-electron chi connectivity index (χ0n) is 10.3. The lowest BCUT2D eigenvalue weighted by molar-refractivity contribution is 0.0347. The van der Waals surface area contributed by atoms with Gasteiger partial charge in [0.05, 0.1) is 18.9 Å². The number of pyridine rings is 1. The molecule has 0 unspecified atom stereocenters. The normalized spacial score (nSPS) is 16.8. The molecule has 3 nitrogen and oxygen atoms in total. The molecule has 1 N–H and O–H groups in total. The zero-order chi connectivity index (χ0) is 12.8. The Morgan fingerprint density at radius 1 is 1.28 bits per heavy atom. The molecule has 0 aromatic carbocycles. The molecular weight excluding hydrogens is 238 g/mol. The van der Waals surface area contributed by atoms with Crippen molar-refractivity contribution >= 4 is 5.82 Å². The molecule has 0 saturated heterocycles. The summed E-state index contributed by atoms with van der Waals surface area (Å²) in [6.07, 6.45) is 7.31. The Bertz CT molecular complexity index is 381. The lowest BCUT2D eigenvalue weighted by Gasteiger charge is -2.22. The predicted molar refractivity (Wildman–Crippen MR) is 65.5 cm³/mol. The van der Waals surface area contributed by atoms with Gasteiger partial charge in [-0.15, -0.1) is 0 Å². The van der Waals surface area contributed by atoms with Crippen LogP contribution in [-0.4, -0.2) is 24.2 Å². The third-order valence-electron chi connectivity index (χ3n) is 3.11. The first-order chi connectivity index (χ1) is 8.75. The summed E-state index contributed by atoms with van der Waals surface area (Å²) in [5.74, 6) is -1.27. The van der Waals surface area contributed by atoms with Crippen LogP contribution in [0, 0.1) is 11.6 Å². The molecule has 0 radical (unpaired) electrons. The van der Waals surface area contributed by atoms with Crippen molar-refractivity contribution in [2.24, 2.45) is 0 Å². The predicted octanol–water partition coefficient (Wildman–Crippen LogP) is 3.12. The number of nitrogens with zero attached hydrogens (tertiary/aromatic N) is 1. The Labute approximate surface area is 106 Å². The SMILES string of the molecule is Fc1cnc(NCCOC2CCCCC2)c(F)c1. The summed E-state index contributed by atoms with van der Waals surface area (Å²) in [6.45, 7) is 0.995. The molecule has 5 heteroatoms. The van der Waals surface area contributed by atoms with Crippen LogP contribution in [0.4, 0.5) is 14.6 Å². The topological polar surface area (TPSA) is 34.2 Å². The number of rotatable bonds is 5. The minimum Gasteiger partial charge on any atom is -0.376 e. The molecule has 0 atom stereocenters.